The van der Waals surface area contributed by atoms with Crippen molar-refractivity contribution in [3.05, 3.63) is 28.1 Å². The standard InChI is InChI=1S/C16H22N4O2S.ClH/c1-17-10-12-2-6-19(7-3-12)14(21)4-8-20-11-18-15-13(16(20)22)5-9-23-15;/h5,9,11-12,17H,2-4,6-8,10H2,1H3;1H. The second-order valence-electron chi connectivity index (χ2n) is 6.01. The number of carbonyl (C=O) groups is 1. The Morgan fingerprint density at radius 1 is 1.42 bits per heavy atom. The molecule has 0 bridgehead atoms. The highest BCUT2D eigenvalue weighted by Crippen LogP contribution is 2.17. The predicted octanol–water partition coefficient (Wildman–Crippen LogP) is 1.73. The van der Waals surface area contributed by atoms with Crippen LogP contribution in [0.4, 0.5) is 0 Å². The van der Waals surface area contributed by atoms with Crippen molar-refractivity contribution in [3.8, 4) is 0 Å². The van der Waals surface area contributed by atoms with Gasteiger partial charge in [-0.25, -0.2) is 4.98 Å². The molecule has 0 radical (unpaired) electrons. The fourth-order valence-corrected chi connectivity index (χ4v) is 3.83. The van der Waals surface area contributed by atoms with E-state index in [1.54, 1.807) is 17.0 Å². The van der Waals surface area contributed by atoms with E-state index in [1.807, 2.05) is 17.3 Å². The van der Waals surface area contributed by atoms with Gasteiger partial charge in [0.05, 0.1) is 11.7 Å². The van der Waals surface area contributed by atoms with Gasteiger partial charge in [-0.05, 0) is 43.8 Å². The van der Waals surface area contributed by atoms with Gasteiger partial charge in [0.1, 0.15) is 4.83 Å². The molecular formula is C16H23ClN4O2S. The molecule has 3 heterocycles. The Kier molecular flexibility index (Phi) is 6.77. The van der Waals surface area contributed by atoms with Crippen LogP contribution < -0.4 is 10.9 Å². The largest absolute Gasteiger partial charge is 0.343 e. The number of halogens is 1. The van der Waals surface area contributed by atoms with Crippen molar-refractivity contribution in [2.45, 2.75) is 25.8 Å². The molecule has 1 fully saturated rings. The van der Waals surface area contributed by atoms with Gasteiger partial charge in [0.2, 0.25) is 5.91 Å². The Balaban J connectivity index is 0.00000208. The number of piperidine rings is 1. The van der Waals surface area contributed by atoms with Crippen LogP contribution in [0.2, 0.25) is 0 Å². The SMILES string of the molecule is CNCC1CCN(C(=O)CCn2cnc3sccc3c2=O)CC1.Cl. The molecule has 0 aromatic carbocycles. The fraction of sp³-hybridized carbons (Fsp3) is 0.562. The summed E-state index contributed by atoms with van der Waals surface area (Å²) in [4.78, 5) is 31.6. The zero-order chi connectivity index (χ0) is 16.2. The van der Waals surface area contributed by atoms with Crippen molar-refractivity contribution < 1.29 is 4.79 Å². The molecule has 0 unspecified atom stereocenters. The molecule has 24 heavy (non-hydrogen) atoms. The zero-order valence-electron chi connectivity index (χ0n) is 13.7. The summed E-state index contributed by atoms with van der Waals surface area (Å²) >= 11 is 1.46. The molecule has 8 heteroatoms. The quantitative estimate of drug-likeness (QED) is 0.870. The number of hydrogen-bond acceptors (Lipinski definition) is 5. The molecule has 2 aromatic heterocycles. The normalized spacial score (nSPS) is 15.5. The Bertz CT molecular complexity index is 737. The average Bonchev–Trinajstić information content (AvgIpc) is 3.04. The Morgan fingerprint density at radius 2 is 2.17 bits per heavy atom. The highest BCUT2D eigenvalue weighted by Gasteiger charge is 2.22. The van der Waals surface area contributed by atoms with Crippen LogP contribution >= 0.6 is 23.7 Å². The van der Waals surface area contributed by atoms with Crippen LogP contribution in [0.3, 0.4) is 0 Å². The molecule has 1 aliphatic heterocycles. The van der Waals surface area contributed by atoms with Crippen molar-refractivity contribution in [2.24, 2.45) is 5.92 Å². The lowest BCUT2D eigenvalue weighted by atomic mass is 9.96. The average molecular weight is 371 g/mol. The Labute approximate surface area is 151 Å². The number of hydrogen-bond donors (Lipinski definition) is 1. The van der Waals surface area contributed by atoms with Gasteiger partial charge in [-0.3, -0.25) is 14.2 Å². The number of likely N-dealkylation sites (tertiary alicyclic amines) is 1. The van der Waals surface area contributed by atoms with E-state index in [-0.39, 0.29) is 23.9 Å². The van der Waals surface area contributed by atoms with E-state index in [0.29, 0.717) is 24.3 Å². The first-order valence-corrected chi connectivity index (χ1v) is 8.92. The van der Waals surface area contributed by atoms with Gasteiger partial charge in [0, 0.05) is 26.1 Å². The molecule has 0 atom stereocenters. The highest BCUT2D eigenvalue weighted by molar-refractivity contribution is 7.16. The number of amides is 1. The number of nitrogens with one attached hydrogen (secondary N) is 1. The molecule has 0 aliphatic carbocycles. The van der Waals surface area contributed by atoms with E-state index in [4.69, 9.17) is 0 Å². The molecule has 1 amide bonds. The lowest BCUT2D eigenvalue weighted by Gasteiger charge is -2.32. The van der Waals surface area contributed by atoms with Crippen LogP contribution in [0.1, 0.15) is 19.3 Å². The number of aromatic nitrogens is 2. The minimum Gasteiger partial charge on any atom is -0.343 e. The van der Waals surface area contributed by atoms with Crippen LogP contribution in [-0.2, 0) is 11.3 Å². The van der Waals surface area contributed by atoms with Crippen molar-refractivity contribution >= 4 is 39.9 Å². The van der Waals surface area contributed by atoms with Gasteiger partial charge >= 0.3 is 0 Å². The Morgan fingerprint density at radius 3 is 2.88 bits per heavy atom. The first kappa shape index (κ1) is 18.9. The van der Waals surface area contributed by atoms with Crippen molar-refractivity contribution in [3.63, 3.8) is 0 Å². The molecule has 1 saturated heterocycles. The van der Waals surface area contributed by atoms with Gasteiger partial charge in [0.25, 0.3) is 5.56 Å². The number of aryl methyl sites for hydroxylation is 1. The molecule has 0 spiro atoms. The van der Waals surface area contributed by atoms with Gasteiger partial charge in [-0.2, -0.15) is 0 Å². The summed E-state index contributed by atoms with van der Waals surface area (Å²) in [6.45, 7) is 3.06. The van der Waals surface area contributed by atoms with Gasteiger partial charge < -0.3 is 10.2 Å². The van der Waals surface area contributed by atoms with Crippen molar-refractivity contribution in [1.82, 2.24) is 19.8 Å². The third kappa shape index (κ3) is 4.15. The lowest BCUT2D eigenvalue weighted by Crippen LogP contribution is -2.41. The monoisotopic (exact) mass is 370 g/mol. The summed E-state index contributed by atoms with van der Waals surface area (Å²) < 4.78 is 1.54. The maximum absolute atomic E-state index is 12.3. The third-order valence-electron chi connectivity index (χ3n) is 4.48. The predicted molar refractivity (Wildman–Crippen MR) is 99.0 cm³/mol. The summed E-state index contributed by atoms with van der Waals surface area (Å²) in [7, 11) is 1.97. The first-order chi connectivity index (χ1) is 11.2. The minimum absolute atomic E-state index is 0. The topological polar surface area (TPSA) is 67.2 Å². The zero-order valence-corrected chi connectivity index (χ0v) is 15.4. The number of rotatable bonds is 5. The van der Waals surface area contributed by atoms with Crippen LogP contribution in [-0.4, -0.2) is 47.0 Å². The highest BCUT2D eigenvalue weighted by atomic mass is 35.5. The van der Waals surface area contributed by atoms with Crippen molar-refractivity contribution in [1.29, 1.82) is 0 Å². The van der Waals surface area contributed by atoms with Gasteiger partial charge in [0.15, 0.2) is 0 Å². The maximum atomic E-state index is 12.3. The Hall–Kier alpha value is -1.44. The fourth-order valence-electron chi connectivity index (χ4n) is 3.10. The van der Waals surface area contributed by atoms with Gasteiger partial charge in [-0.15, -0.1) is 23.7 Å². The van der Waals surface area contributed by atoms with E-state index in [1.165, 1.54) is 11.3 Å². The summed E-state index contributed by atoms with van der Waals surface area (Å²) in [5, 5.41) is 5.70. The number of carbonyl (C=O) groups excluding carboxylic acids is 1. The van der Waals surface area contributed by atoms with Crippen molar-refractivity contribution in [2.75, 3.05) is 26.7 Å². The summed E-state index contributed by atoms with van der Waals surface area (Å²) in [5.74, 6) is 0.794. The molecule has 1 aliphatic rings. The second-order valence-corrected chi connectivity index (χ2v) is 6.91. The maximum Gasteiger partial charge on any atom is 0.262 e. The summed E-state index contributed by atoms with van der Waals surface area (Å²) in [6, 6.07) is 1.79. The smallest absolute Gasteiger partial charge is 0.262 e. The third-order valence-corrected chi connectivity index (χ3v) is 5.30. The number of nitrogens with zero attached hydrogens (tertiary/aromatic N) is 3. The molecule has 2 aromatic rings. The number of fused-ring (bicyclic) bond motifs is 1. The first-order valence-electron chi connectivity index (χ1n) is 8.04. The molecule has 6 nitrogen and oxygen atoms in total. The summed E-state index contributed by atoms with van der Waals surface area (Å²) in [6.07, 6.45) is 4.01. The second kappa shape index (κ2) is 8.60. The van der Waals surface area contributed by atoms with E-state index in [2.05, 4.69) is 10.3 Å². The van der Waals surface area contributed by atoms with Crippen LogP contribution in [0.25, 0.3) is 10.2 Å². The summed E-state index contributed by atoms with van der Waals surface area (Å²) in [5.41, 5.74) is -0.0585. The van der Waals surface area contributed by atoms with E-state index >= 15 is 0 Å². The van der Waals surface area contributed by atoms with Crippen LogP contribution in [0.5, 0.6) is 0 Å². The molecular weight excluding hydrogens is 348 g/mol. The van der Waals surface area contributed by atoms with E-state index < -0.39 is 0 Å². The van der Waals surface area contributed by atoms with Crippen LogP contribution in [0.15, 0.2) is 22.6 Å². The molecule has 132 valence electrons. The molecule has 3 rings (SSSR count). The van der Waals surface area contributed by atoms with Crippen LogP contribution in [0, 0.1) is 5.92 Å². The minimum atomic E-state index is -0.0585. The van der Waals surface area contributed by atoms with E-state index in [9.17, 15) is 9.59 Å². The van der Waals surface area contributed by atoms with E-state index in [0.717, 1.165) is 37.3 Å². The number of thiophene rings is 1. The lowest BCUT2D eigenvalue weighted by molar-refractivity contribution is -0.132. The molecule has 1 N–H and O–H groups in total. The van der Waals surface area contributed by atoms with Gasteiger partial charge in [-0.1, -0.05) is 0 Å². The molecule has 0 saturated carbocycles.